The fourth-order valence-electron chi connectivity index (χ4n) is 1.88. The number of anilines is 1. The molecule has 21 heavy (non-hydrogen) atoms. The first-order valence-corrected chi connectivity index (χ1v) is 7.57. The molecular formula is C15H14N2O3S. The Balaban J connectivity index is 2.45. The second kappa shape index (κ2) is 5.85. The maximum Gasteiger partial charge on any atom is 0.264 e. The smallest absolute Gasteiger partial charge is 0.264 e. The van der Waals surface area contributed by atoms with Crippen molar-refractivity contribution in [3.63, 3.8) is 0 Å². The van der Waals surface area contributed by atoms with Crippen molar-refractivity contribution in [3.8, 4) is 11.8 Å². The summed E-state index contributed by atoms with van der Waals surface area (Å²) in [5, 5.41) is 9.08. The van der Waals surface area contributed by atoms with Crippen molar-refractivity contribution in [1.82, 2.24) is 0 Å². The second-order valence-electron chi connectivity index (χ2n) is 4.28. The zero-order valence-corrected chi connectivity index (χ0v) is 12.5. The van der Waals surface area contributed by atoms with Gasteiger partial charge in [0, 0.05) is 7.05 Å². The van der Waals surface area contributed by atoms with Crippen molar-refractivity contribution in [2.75, 3.05) is 18.5 Å². The van der Waals surface area contributed by atoms with E-state index in [4.69, 9.17) is 10.00 Å². The lowest BCUT2D eigenvalue weighted by Gasteiger charge is -2.20. The van der Waals surface area contributed by atoms with E-state index >= 15 is 0 Å². The van der Waals surface area contributed by atoms with Gasteiger partial charge in [0.05, 0.1) is 23.3 Å². The number of methoxy groups -OCH3 is 1. The number of rotatable bonds is 4. The molecule has 0 unspecified atom stereocenters. The summed E-state index contributed by atoms with van der Waals surface area (Å²) in [6, 6.07) is 14.7. The molecule has 0 bridgehead atoms. The van der Waals surface area contributed by atoms with E-state index in [1.54, 1.807) is 36.4 Å². The van der Waals surface area contributed by atoms with E-state index in [1.807, 2.05) is 6.07 Å². The molecule has 0 aliphatic heterocycles. The van der Waals surface area contributed by atoms with E-state index in [0.29, 0.717) is 17.0 Å². The van der Waals surface area contributed by atoms with Gasteiger partial charge in [0.15, 0.2) is 0 Å². The number of nitrogens with zero attached hydrogens (tertiary/aromatic N) is 2. The molecule has 0 amide bonds. The lowest BCUT2D eigenvalue weighted by molar-refractivity contribution is 0.414. The van der Waals surface area contributed by atoms with Gasteiger partial charge in [-0.2, -0.15) is 5.26 Å². The highest BCUT2D eigenvalue weighted by Gasteiger charge is 2.23. The van der Waals surface area contributed by atoms with Crippen LogP contribution in [0.1, 0.15) is 5.56 Å². The molecule has 0 N–H and O–H groups in total. The second-order valence-corrected chi connectivity index (χ2v) is 6.25. The Morgan fingerprint density at radius 3 is 2.29 bits per heavy atom. The predicted molar refractivity (Wildman–Crippen MR) is 79.7 cm³/mol. The lowest BCUT2D eigenvalue weighted by Crippen LogP contribution is -2.27. The highest BCUT2D eigenvalue weighted by atomic mass is 32.2. The minimum Gasteiger partial charge on any atom is -0.497 e. The molecule has 0 saturated heterocycles. The number of para-hydroxylation sites is 1. The summed E-state index contributed by atoms with van der Waals surface area (Å²) in [4.78, 5) is 0.138. The van der Waals surface area contributed by atoms with Crippen LogP contribution in [0, 0.1) is 11.3 Å². The van der Waals surface area contributed by atoms with E-state index in [-0.39, 0.29) is 4.90 Å². The van der Waals surface area contributed by atoms with Crippen LogP contribution < -0.4 is 9.04 Å². The average molecular weight is 302 g/mol. The number of hydrogen-bond donors (Lipinski definition) is 0. The van der Waals surface area contributed by atoms with Gasteiger partial charge in [-0.15, -0.1) is 0 Å². The fourth-order valence-corrected chi connectivity index (χ4v) is 3.09. The van der Waals surface area contributed by atoms with Crippen LogP contribution in [0.25, 0.3) is 0 Å². The monoisotopic (exact) mass is 302 g/mol. The Labute approximate surface area is 124 Å². The molecule has 0 fully saturated rings. The summed E-state index contributed by atoms with van der Waals surface area (Å²) in [5.74, 6) is 0.578. The van der Waals surface area contributed by atoms with Gasteiger partial charge in [0.25, 0.3) is 10.0 Å². The van der Waals surface area contributed by atoms with E-state index in [0.717, 1.165) is 4.31 Å². The van der Waals surface area contributed by atoms with Crippen LogP contribution in [0.3, 0.4) is 0 Å². The molecule has 108 valence electrons. The number of hydrogen-bond acceptors (Lipinski definition) is 4. The van der Waals surface area contributed by atoms with Gasteiger partial charge in [0.1, 0.15) is 11.8 Å². The lowest BCUT2D eigenvalue weighted by atomic mass is 10.2. The highest BCUT2D eigenvalue weighted by Crippen LogP contribution is 2.26. The number of benzene rings is 2. The van der Waals surface area contributed by atoms with Crippen molar-refractivity contribution in [2.45, 2.75) is 4.90 Å². The minimum atomic E-state index is -3.72. The van der Waals surface area contributed by atoms with E-state index in [9.17, 15) is 8.42 Å². The Morgan fingerprint density at radius 1 is 1.10 bits per heavy atom. The molecule has 0 aliphatic rings. The van der Waals surface area contributed by atoms with Crippen molar-refractivity contribution < 1.29 is 13.2 Å². The van der Waals surface area contributed by atoms with E-state index < -0.39 is 10.0 Å². The molecule has 2 aromatic carbocycles. The minimum absolute atomic E-state index is 0.138. The van der Waals surface area contributed by atoms with Gasteiger partial charge in [-0.25, -0.2) is 8.42 Å². The third-order valence-electron chi connectivity index (χ3n) is 3.08. The van der Waals surface area contributed by atoms with Crippen LogP contribution in [0.4, 0.5) is 5.69 Å². The van der Waals surface area contributed by atoms with Crippen molar-refractivity contribution in [1.29, 1.82) is 5.26 Å². The fraction of sp³-hybridized carbons (Fsp3) is 0.133. The highest BCUT2D eigenvalue weighted by molar-refractivity contribution is 7.92. The zero-order valence-electron chi connectivity index (χ0n) is 11.6. The molecule has 0 heterocycles. The van der Waals surface area contributed by atoms with Gasteiger partial charge >= 0.3 is 0 Å². The topological polar surface area (TPSA) is 70.4 Å². The molecule has 0 atom stereocenters. The summed E-state index contributed by atoms with van der Waals surface area (Å²) < 4.78 is 31.3. The van der Waals surface area contributed by atoms with Crippen molar-refractivity contribution in [3.05, 3.63) is 54.1 Å². The molecule has 6 heteroatoms. The number of sulfonamides is 1. The summed E-state index contributed by atoms with van der Waals surface area (Å²) in [7, 11) is -0.784. The van der Waals surface area contributed by atoms with Crippen molar-refractivity contribution in [2.24, 2.45) is 0 Å². The van der Waals surface area contributed by atoms with Crippen LogP contribution in [-0.2, 0) is 10.0 Å². The van der Waals surface area contributed by atoms with Gasteiger partial charge < -0.3 is 4.74 Å². The standard InChI is InChI=1S/C15H14N2O3S/c1-17(15-6-4-3-5-12(15)11-16)21(18,19)14-9-7-13(20-2)8-10-14/h3-10H,1-2H3. The molecule has 0 aromatic heterocycles. The molecule has 0 saturated carbocycles. The quantitative estimate of drug-likeness (QED) is 0.869. The normalized spacial score (nSPS) is 10.7. The number of ether oxygens (including phenoxy) is 1. The number of nitriles is 1. The molecule has 0 radical (unpaired) electrons. The molecular weight excluding hydrogens is 288 g/mol. The van der Waals surface area contributed by atoms with Gasteiger partial charge in [-0.05, 0) is 36.4 Å². The maximum atomic E-state index is 12.6. The van der Waals surface area contributed by atoms with Crippen molar-refractivity contribution >= 4 is 15.7 Å². The molecule has 2 rings (SSSR count). The van der Waals surface area contributed by atoms with Crippen LogP contribution in [-0.4, -0.2) is 22.6 Å². The van der Waals surface area contributed by atoms with Crippen LogP contribution in [0.5, 0.6) is 5.75 Å². The maximum absolute atomic E-state index is 12.6. The molecule has 2 aromatic rings. The van der Waals surface area contributed by atoms with Gasteiger partial charge in [-0.1, -0.05) is 12.1 Å². The van der Waals surface area contributed by atoms with Crippen LogP contribution in [0.15, 0.2) is 53.4 Å². The molecule has 0 spiro atoms. The van der Waals surface area contributed by atoms with E-state index in [2.05, 4.69) is 0 Å². The average Bonchev–Trinajstić information content (AvgIpc) is 2.54. The Kier molecular flexibility index (Phi) is 4.15. The predicted octanol–water partition coefficient (Wildman–Crippen LogP) is 2.39. The Bertz CT molecular complexity index is 777. The SMILES string of the molecule is COc1ccc(S(=O)(=O)N(C)c2ccccc2C#N)cc1. The largest absolute Gasteiger partial charge is 0.497 e. The summed E-state index contributed by atoms with van der Waals surface area (Å²) >= 11 is 0. The van der Waals surface area contributed by atoms with Gasteiger partial charge in [-0.3, -0.25) is 4.31 Å². The van der Waals surface area contributed by atoms with Crippen LogP contribution in [0.2, 0.25) is 0 Å². The van der Waals surface area contributed by atoms with E-state index in [1.165, 1.54) is 26.3 Å². The molecule has 5 nitrogen and oxygen atoms in total. The van der Waals surface area contributed by atoms with Crippen LogP contribution >= 0.6 is 0 Å². The Morgan fingerprint density at radius 2 is 1.71 bits per heavy atom. The van der Waals surface area contributed by atoms with Gasteiger partial charge in [0.2, 0.25) is 0 Å². The zero-order chi connectivity index (χ0) is 15.5. The summed E-state index contributed by atoms with van der Waals surface area (Å²) in [6.45, 7) is 0. The first-order valence-electron chi connectivity index (χ1n) is 6.13. The Hall–Kier alpha value is -2.52. The first-order chi connectivity index (χ1) is 10.0. The first kappa shape index (κ1) is 14.9. The third kappa shape index (κ3) is 2.83. The third-order valence-corrected chi connectivity index (χ3v) is 4.87. The summed E-state index contributed by atoms with van der Waals surface area (Å²) in [5.41, 5.74) is 0.646. The molecule has 0 aliphatic carbocycles. The summed E-state index contributed by atoms with van der Waals surface area (Å²) in [6.07, 6.45) is 0.